The van der Waals surface area contributed by atoms with Gasteiger partial charge in [-0.25, -0.2) is 0 Å². The second-order valence-electron chi connectivity index (χ2n) is 6.22. The molecule has 102 valence electrons. The largest absolute Gasteiger partial charge is 0.481 e. The Labute approximate surface area is 108 Å². The lowest BCUT2D eigenvalue weighted by Crippen LogP contribution is -2.47. The van der Waals surface area contributed by atoms with Gasteiger partial charge in [-0.05, 0) is 37.5 Å². The number of carbonyl (C=O) groups is 2. The number of hydrogen-bond donors (Lipinski definition) is 1. The first kappa shape index (κ1) is 13.4. The van der Waals surface area contributed by atoms with E-state index in [0.717, 1.165) is 25.7 Å². The van der Waals surface area contributed by atoms with E-state index in [-0.39, 0.29) is 18.2 Å². The average Bonchev–Trinajstić information content (AvgIpc) is 2.49. The number of carboxylic acid groups (broad SMARTS) is 1. The topological polar surface area (TPSA) is 57.6 Å². The molecule has 0 aromatic rings. The monoisotopic (exact) mass is 253 g/mol. The van der Waals surface area contributed by atoms with Crippen LogP contribution in [-0.4, -0.2) is 34.0 Å². The van der Waals surface area contributed by atoms with Gasteiger partial charge in [0.05, 0.1) is 0 Å². The minimum Gasteiger partial charge on any atom is -0.481 e. The second-order valence-corrected chi connectivity index (χ2v) is 6.22. The SMILES string of the molecule is CC(C)CC(=O)N1C2CCC1CC(CC(=O)O)C2. The van der Waals surface area contributed by atoms with Crippen LogP contribution in [-0.2, 0) is 9.59 Å². The van der Waals surface area contributed by atoms with E-state index in [9.17, 15) is 9.59 Å². The summed E-state index contributed by atoms with van der Waals surface area (Å²) in [6.07, 6.45) is 4.77. The smallest absolute Gasteiger partial charge is 0.303 e. The lowest BCUT2D eigenvalue weighted by molar-refractivity contribution is -0.140. The maximum Gasteiger partial charge on any atom is 0.303 e. The van der Waals surface area contributed by atoms with Gasteiger partial charge in [0.15, 0.2) is 0 Å². The number of rotatable bonds is 4. The zero-order valence-electron chi connectivity index (χ0n) is 11.3. The van der Waals surface area contributed by atoms with Crippen molar-refractivity contribution in [3.63, 3.8) is 0 Å². The molecule has 0 aliphatic carbocycles. The average molecular weight is 253 g/mol. The molecule has 4 nitrogen and oxygen atoms in total. The summed E-state index contributed by atoms with van der Waals surface area (Å²) in [5.41, 5.74) is 0. The third-order valence-corrected chi connectivity index (χ3v) is 4.16. The molecule has 2 atom stereocenters. The van der Waals surface area contributed by atoms with Crippen LogP contribution < -0.4 is 0 Å². The number of nitrogens with zero attached hydrogens (tertiary/aromatic N) is 1. The van der Waals surface area contributed by atoms with E-state index in [0.29, 0.717) is 24.4 Å². The standard InChI is InChI=1S/C14H23NO3/c1-9(2)5-13(16)15-11-3-4-12(15)7-10(6-11)8-14(17)18/h9-12H,3-8H2,1-2H3,(H,17,18). The summed E-state index contributed by atoms with van der Waals surface area (Å²) < 4.78 is 0. The van der Waals surface area contributed by atoms with Crippen molar-refractivity contribution in [2.45, 2.75) is 64.5 Å². The first-order chi connectivity index (χ1) is 8.47. The molecule has 0 aromatic heterocycles. The van der Waals surface area contributed by atoms with Crippen molar-refractivity contribution >= 4 is 11.9 Å². The van der Waals surface area contributed by atoms with Crippen molar-refractivity contribution in [2.75, 3.05) is 0 Å². The molecular formula is C14H23NO3. The Hall–Kier alpha value is -1.06. The van der Waals surface area contributed by atoms with Crippen LogP contribution in [0.2, 0.25) is 0 Å². The second kappa shape index (κ2) is 5.29. The van der Waals surface area contributed by atoms with E-state index < -0.39 is 5.97 Å². The van der Waals surface area contributed by atoms with Crippen molar-refractivity contribution < 1.29 is 14.7 Å². The first-order valence-corrected chi connectivity index (χ1v) is 7.00. The Kier molecular flexibility index (Phi) is 3.93. The summed E-state index contributed by atoms with van der Waals surface area (Å²) in [6, 6.07) is 0.610. The normalized spacial score (nSPS) is 30.8. The molecule has 18 heavy (non-hydrogen) atoms. The van der Waals surface area contributed by atoms with E-state index >= 15 is 0 Å². The summed E-state index contributed by atoms with van der Waals surface area (Å²) in [6.45, 7) is 4.13. The van der Waals surface area contributed by atoms with Crippen molar-refractivity contribution in [1.29, 1.82) is 0 Å². The van der Waals surface area contributed by atoms with Crippen LogP contribution in [0.1, 0.15) is 52.4 Å². The van der Waals surface area contributed by atoms with Crippen molar-refractivity contribution in [3.8, 4) is 0 Å². The highest BCUT2D eigenvalue weighted by Gasteiger charge is 2.43. The van der Waals surface area contributed by atoms with Gasteiger partial charge < -0.3 is 10.0 Å². The van der Waals surface area contributed by atoms with Gasteiger partial charge in [-0.1, -0.05) is 13.8 Å². The molecule has 2 aliphatic heterocycles. The maximum atomic E-state index is 12.2. The Morgan fingerprint density at radius 3 is 2.22 bits per heavy atom. The first-order valence-electron chi connectivity index (χ1n) is 7.00. The van der Waals surface area contributed by atoms with Crippen molar-refractivity contribution in [1.82, 2.24) is 4.90 Å². The van der Waals surface area contributed by atoms with E-state index in [2.05, 4.69) is 18.7 Å². The molecule has 0 spiro atoms. The lowest BCUT2D eigenvalue weighted by Gasteiger charge is -2.39. The van der Waals surface area contributed by atoms with E-state index in [4.69, 9.17) is 5.11 Å². The van der Waals surface area contributed by atoms with Gasteiger partial charge in [-0.3, -0.25) is 9.59 Å². The van der Waals surface area contributed by atoms with Gasteiger partial charge in [0, 0.05) is 24.9 Å². The fourth-order valence-electron chi connectivity index (χ4n) is 3.57. The van der Waals surface area contributed by atoms with Gasteiger partial charge >= 0.3 is 5.97 Å². The highest BCUT2D eigenvalue weighted by atomic mass is 16.4. The Morgan fingerprint density at radius 2 is 1.78 bits per heavy atom. The van der Waals surface area contributed by atoms with Crippen molar-refractivity contribution in [2.24, 2.45) is 11.8 Å². The van der Waals surface area contributed by atoms with Crippen LogP contribution in [0.15, 0.2) is 0 Å². The minimum atomic E-state index is -0.707. The zero-order valence-corrected chi connectivity index (χ0v) is 11.3. The van der Waals surface area contributed by atoms with Gasteiger partial charge in [-0.2, -0.15) is 0 Å². The summed E-state index contributed by atoms with van der Waals surface area (Å²) in [4.78, 5) is 25.1. The van der Waals surface area contributed by atoms with Crippen molar-refractivity contribution in [3.05, 3.63) is 0 Å². The molecule has 1 N–H and O–H groups in total. The Bertz CT molecular complexity index is 326. The zero-order chi connectivity index (χ0) is 13.3. The molecule has 2 heterocycles. The third-order valence-electron chi connectivity index (χ3n) is 4.16. The van der Waals surface area contributed by atoms with Crippen LogP contribution in [0.25, 0.3) is 0 Å². The molecule has 1 amide bonds. The fraction of sp³-hybridized carbons (Fsp3) is 0.857. The Balaban J connectivity index is 1.97. The quantitative estimate of drug-likeness (QED) is 0.836. The minimum absolute atomic E-state index is 0.263. The van der Waals surface area contributed by atoms with Crippen LogP contribution in [0.3, 0.4) is 0 Å². The molecule has 0 saturated carbocycles. The van der Waals surface area contributed by atoms with E-state index in [1.165, 1.54) is 0 Å². The van der Waals surface area contributed by atoms with Crippen LogP contribution in [0.4, 0.5) is 0 Å². The highest BCUT2D eigenvalue weighted by Crippen LogP contribution is 2.40. The lowest BCUT2D eigenvalue weighted by atomic mass is 9.87. The molecule has 0 aromatic carbocycles. The van der Waals surface area contributed by atoms with E-state index in [1.54, 1.807) is 0 Å². The number of fused-ring (bicyclic) bond motifs is 2. The molecule has 2 bridgehead atoms. The number of aliphatic carboxylic acids is 1. The number of piperidine rings is 1. The summed E-state index contributed by atoms with van der Waals surface area (Å²) in [5, 5.41) is 8.87. The van der Waals surface area contributed by atoms with Crippen LogP contribution in [0.5, 0.6) is 0 Å². The molecule has 2 rings (SSSR count). The molecule has 2 fully saturated rings. The molecular weight excluding hydrogens is 230 g/mol. The predicted molar refractivity (Wildman–Crippen MR) is 68.1 cm³/mol. The molecule has 2 saturated heterocycles. The highest BCUT2D eigenvalue weighted by molar-refractivity contribution is 5.77. The van der Waals surface area contributed by atoms with Crippen LogP contribution in [0, 0.1) is 11.8 Å². The number of carboxylic acids is 1. The summed E-state index contributed by atoms with van der Waals surface area (Å²) >= 11 is 0. The fourth-order valence-corrected chi connectivity index (χ4v) is 3.57. The molecule has 4 heteroatoms. The van der Waals surface area contributed by atoms with Gasteiger partial charge in [-0.15, -0.1) is 0 Å². The summed E-state index contributed by atoms with van der Waals surface area (Å²) in [7, 11) is 0. The van der Waals surface area contributed by atoms with Crippen LogP contribution >= 0.6 is 0 Å². The number of hydrogen-bond acceptors (Lipinski definition) is 2. The number of carbonyl (C=O) groups excluding carboxylic acids is 1. The van der Waals surface area contributed by atoms with Gasteiger partial charge in [0.1, 0.15) is 0 Å². The molecule has 2 unspecified atom stereocenters. The molecule has 2 aliphatic rings. The Morgan fingerprint density at radius 1 is 1.22 bits per heavy atom. The third kappa shape index (κ3) is 2.85. The summed E-state index contributed by atoms with van der Waals surface area (Å²) in [5.74, 6) is 0.226. The van der Waals surface area contributed by atoms with Gasteiger partial charge in [0.2, 0.25) is 5.91 Å². The maximum absolute atomic E-state index is 12.2. The number of amides is 1. The van der Waals surface area contributed by atoms with Gasteiger partial charge in [0.25, 0.3) is 0 Å². The van der Waals surface area contributed by atoms with E-state index in [1.807, 2.05) is 0 Å². The molecule has 0 radical (unpaired) electrons. The predicted octanol–water partition coefficient (Wildman–Crippen LogP) is 2.28.